The number of sulfonamides is 1. The summed E-state index contributed by atoms with van der Waals surface area (Å²) in [6, 6.07) is 13.7. The summed E-state index contributed by atoms with van der Waals surface area (Å²) in [6.45, 7) is 1.93. The van der Waals surface area contributed by atoms with Crippen LogP contribution in [-0.2, 0) is 16.4 Å². The van der Waals surface area contributed by atoms with Gasteiger partial charge < -0.3 is 4.74 Å². The average molecular weight is 401 g/mol. The number of benzene rings is 2. The molecule has 0 amide bonds. The molecule has 0 aliphatic carbocycles. The molecule has 1 aliphatic rings. The van der Waals surface area contributed by atoms with Crippen molar-refractivity contribution in [3.63, 3.8) is 0 Å². The molecule has 1 atom stereocenters. The van der Waals surface area contributed by atoms with Gasteiger partial charge in [-0.1, -0.05) is 18.2 Å². The van der Waals surface area contributed by atoms with Crippen LogP contribution in [0.25, 0.3) is 21.8 Å². The average Bonchev–Trinajstić information content (AvgIpc) is 3.24. The van der Waals surface area contributed by atoms with Gasteiger partial charge in [-0.3, -0.25) is 4.31 Å². The Hall–Kier alpha value is -2.38. The number of rotatable bonds is 4. The molecule has 0 saturated heterocycles. The van der Waals surface area contributed by atoms with Crippen LogP contribution in [0.5, 0.6) is 5.75 Å². The minimum absolute atomic E-state index is 0.0620. The Bertz CT molecular complexity index is 1110. The molecule has 0 radical (unpaired) electrons. The fourth-order valence-corrected chi connectivity index (χ4v) is 5.65. The van der Waals surface area contributed by atoms with Crippen LogP contribution >= 0.6 is 11.3 Å². The largest absolute Gasteiger partial charge is 0.497 e. The van der Waals surface area contributed by atoms with Crippen LogP contribution < -0.4 is 9.04 Å². The topological polar surface area (TPSA) is 59.5 Å². The van der Waals surface area contributed by atoms with Crippen LogP contribution in [-0.4, -0.2) is 32.8 Å². The number of fused-ring (bicyclic) bond motifs is 1. The summed E-state index contributed by atoms with van der Waals surface area (Å²) >= 11 is 1.58. The van der Waals surface area contributed by atoms with Crippen LogP contribution in [0.15, 0.2) is 47.8 Å². The molecule has 0 unspecified atom stereocenters. The molecule has 0 spiro atoms. The van der Waals surface area contributed by atoms with E-state index in [1.54, 1.807) is 18.4 Å². The van der Waals surface area contributed by atoms with Crippen molar-refractivity contribution in [3.8, 4) is 27.6 Å². The van der Waals surface area contributed by atoms with Crippen molar-refractivity contribution < 1.29 is 13.2 Å². The number of methoxy groups -OCH3 is 1. The van der Waals surface area contributed by atoms with Gasteiger partial charge in [-0.05, 0) is 43.2 Å². The first-order valence-electron chi connectivity index (χ1n) is 8.59. The molecule has 7 heteroatoms. The van der Waals surface area contributed by atoms with Gasteiger partial charge in [-0.15, -0.1) is 11.3 Å². The Kier molecular flexibility index (Phi) is 4.44. The second-order valence-corrected chi connectivity index (χ2v) is 9.44. The zero-order valence-electron chi connectivity index (χ0n) is 15.3. The quantitative estimate of drug-likeness (QED) is 0.659. The zero-order chi connectivity index (χ0) is 19.2. The van der Waals surface area contributed by atoms with Crippen molar-refractivity contribution in [3.05, 3.63) is 53.4 Å². The van der Waals surface area contributed by atoms with Crippen LogP contribution in [0.3, 0.4) is 0 Å². The molecule has 0 fully saturated rings. The van der Waals surface area contributed by atoms with E-state index >= 15 is 0 Å². The van der Waals surface area contributed by atoms with Crippen molar-refractivity contribution in [1.29, 1.82) is 0 Å². The highest BCUT2D eigenvalue weighted by atomic mass is 32.2. The van der Waals surface area contributed by atoms with Gasteiger partial charge >= 0.3 is 0 Å². The Labute approximate surface area is 163 Å². The van der Waals surface area contributed by atoms with E-state index in [9.17, 15) is 8.42 Å². The van der Waals surface area contributed by atoms with Crippen LogP contribution in [0.2, 0.25) is 0 Å². The SMILES string of the molecule is COc1cccc(-c2nc(-c3ccc4c(c3)C[C@@H](C)N4S(C)(=O)=O)cs2)c1. The normalized spacial score (nSPS) is 16.4. The summed E-state index contributed by atoms with van der Waals surface area (Å²) in [4.78, 5) is 4.77. The van der Waals surface area contributed by atoms with Crippen LogP contribution in [0.4, 0.5) is 5.69 Å². The number of thiazole rings is 1. The first-order valence-corrected chi connectivity index (χ1v) is 11.3. The fraction of sp³-hybridized carbons (Fsp3) is 0.250. The molecular weight excluding hydrogens is 380 g/mol. The fourth-order valence-electron chi connectivity index (χ4n) is 3.56. The summed E-state index contributed by atoms with van der Waals surface area (Å²) in [7, 11) is -1.62. The molecular formula is C20H20N2O3S2. The molecule has 1 aromatic heterocycles. The van der Waals surface area contributed by atoms with Gasteiger partial charge in [-0.2, -0.15) is 0 Å². The molecule has 2 aromatic carbocycles. The first-order chi connectivity index (χ1) is 12.9. The molecule has 140 valence electrons. The lowest BCUT2D eigenvalue weighted by atomic mass is 10.1. The van der Waals surface area contributed by atoms with Gasteiger partial charge in [-0.25, -0.2) is 13.4 Å². The summed E-state index contributed by atoms with van der Waals surface area (Å²) in [6.07, 6.45) is 1.97. The van der Waals surface area contributed by atoms with E-state index in [0.29, 0.717) is 6.42 Å². The lowest BCUT2D eigenvalue weighted by molar-refractivity contribution is 0.415. The number of hydrogen-bond donors (Lipinski definition) is 0. The van der Waals surface area contributed by atoms with Crippen LogP contribution in [0.1, 0.15) is 12.5 Å². The predicted octanol–water partition coefficient (Wildman–Crippen LogP) is 4.20. The second-order valence-electron chi connectivity index (χ2n) is 6.73. The molecule has 0 N–H and O–H groups in total. The molecule has 5 nitrogen and oxygen atoms in total. The van der Waals surface area contributed by atoms with Crippen molar-refractivity contribution in [2.75, 3.05) is 17.7 Å². The second kappa shape index (κ2) is 6.65. The van der Waals surface area contributed by atoms with Gasteiger partial charge in [0.15, 0.2) is 0 Å². The van der Waals surface area contributed by atoms with E-state index in [4.69, 9.17) is 9.72 Å². The van der Waals surface area contributed by atoms with E-state index in [-0.39, 0.29) is 6.04 Å². The van der Waals surface area contributed by atoms with Gasteiger partial charge in [0.2, 0.25) is 10.0 Å². The predicted molar refractivity (Wildman–Crippen MR) is 110 cm³/mol. The van der Waals surface area contributed by atoms with Gasteiger partial charge in [0.25, 0.3) is 0 Å². The molecule has 27 heavy (non-hydrogen) atoms. The lowest BCUT2D eigenvalue weighted by Crippen LogP contribution is -2.34. The summed E-state index contributed by atoms with van der Waals surface area (Å²) in [5, 5.41) is 2.96. The maximum absolute atomic E-state index is 12.1. The number of hydrogen-bond acceptors (Lipinski definition) is 5. The van der Waals surface area contributed by atoms with Crippen LogP contribution in [0, 0.1) is 0 Å². The molecule has 1 aliphatic heterocycles. The number of nitrogens with zero attached hydrogens (tertiary/aromatic N) is 2. The van der Waals surface area contributed by atoms with E-state index in [2.05, 4.69) is 6.07 Å². The molecule has 3 aromatic rings. The Morgan fingerprint density at radius 1 is 1.19 bits per heavy atom. The third-order valence-electron chi connectivity index (χ3n) is 4.71. The third-order valence-corrected chi connectivity index (χ3v) is 6.87. The maximum atomic E-state index is 12.1. The Morgan fingerprint density at radius 3 is 2.74 bits per heavy atom. The van der Waals surface area contributed by atoms with Crippen molar-refractivity contribution in [2.24, 2.45) is 0 Å². The van der Waals surface area contributed by atoms with Crippen molar-refractivity contribution in [1.82, 2.24) is 4.98 Å². The summed E-state index contributed by atoms with van der Waals surface area (Å²) in [5.74, 6) is 0.802. The third kappa shape index (κ3) is 3.33. The number of ether oxygens (including phenoxy) is 1. The highest BCUT2D eigenvalue weighted by molar-refractivity contribution is 7.92. The van der Waals surface area contributed by atoms with E-state index in [1.165, 1.54) is 10.6 Å². The summed E-state index contributed by atoms with van der Waals surface area (Å²) < 4.78 is 31.0. The Morgan fingerprint density at radius 2 is 2.00 bits per heavy atom. The highest BCUT2D eigenvalue weighted by Gasteiger charge is 2.32. The Balaban J connectivity index is 1.68. The molecule has 0 saturated carbocycles. The van der Waals surface area contributed by atoms with Gasteiger partial charge in [0.05, 0.1) is 24.7 Å². The van der Waals surface area contributed by atoms with Crippen molar-refractivity contribution >= 4 is 27.0 Å². The smallest absolute Gasteiger partial charge is 0.232 e. The maximum Gasteiger partial charge on any atom is 0.232 e. The lowest BCUT2D eigenvalue weighted by Gasteiger charge is -2.21. The molecule has 0 bridgehead atoms. The number of aromatic nitrogens is 1. The standard InChI is InChI=1S/C20H20N2O3S2/c1-13-9-16-10-14(7-8-19(16)22(13)27(3,23)24)18-12-26-20(21-18)15-5-4-6-17(11-15)25-2/h4-8,10-13H,9H2,1-3H3/t13-/m1/s1. The van der Waals surface area contributed by atoms with E-state index < -0.39 is 10.0 Å². The summed E-state index contributed by atoms with van der Waals surface area (Å²) in [5.41, 5.74) is 4.73. The highest BCUT2D eigenvalue weighted by Crippen LogP contribution is 2.38. The van der Waals surface area contributed by atoms with Gasteiger partial charge in [0, 0.05) is 22.5 Å². The molecule has 4 rings (SSSR count). The molecule has 2 heterocycles. The first kappa shape index (κ1) is 18.0. The van der Waals surface area contributed by atoms with E-state index in [0.717, 1.165) is 38.8 Å². The zero-order valence-corrected chi connectivity index (χ0v) is 17.0. The van der Waals surface area contributed by atoms with Crippen molar-refractivity contribution in [2.45, 2.75) is 19.4 Å². The van der Waals surface area contributed by atoms with Gasteiger partial charge in [0.1, 0.15) is 10.8 Å². The minimum atomic E-state index is -3.27. The minimum Gasteiger partial charge on any atom is -0.497 e. The monoisotopic (exact) mass is 400 g/mol. The van der Waals surface area contributed by atoms with E-state index in [1.807, 2.05) is 48.7 Å². The number of anilines is 1.